The van der Waals surface area contributed by atoms with Crippen LogP contribution in [0.15, 0.2) is 24.3 Å². The van der Waals surface area contributed by atoms with Gasteiger partial charge in [-0.25, -0.2) is 28.2 Å². The smallest absolute Gasteiger partial charge is 0.362 e. The van der Waals surface area contributed by atoms with Gasteiger partial charge in [-0.05, 0) is 47.1 Å². The average molecular weight is 507 g/mol. The third-order valence-electron chi connectivity index (χ3n) is 4.56. The Balaban J connectivity index is 0.00000104. The van der Waals surface area contributed by atoms with Crippen LogP contribution in [0.25, 0.3) is 0 Å². The zero-order valence-corrected chi connectivity index (χ0v) is 20.8. The second-order valence-corrected chi connectivity index (χ2v) is 10.8. The molecule has 1 aromatic carbocycles. The summed E-state index contributed by atoms with van der Waals surface area (Å²) in [6.07, 6.45) is 0.615. The van der Waals surface area contributed by atoms with Crippen LogP contribution in [0.3, 0.4) is 0 Å². The highest BCUT2D eigenvalue weighted by molar-refractivity contribution is 5.74. The number of non-ortho nitro benzene ring substituents is 1. The Kier molecular flexibility index (Phi) is 9.54. The van der Waals surface area contributed by atoms with Crippen molar-refractivity contribution in [2.75, 3.05) is 19.6 Å². The Morgan fingerprint density at radius 1 is 0.941 bits per heavy atom. The fraction of sp³-hybridized carbons (Fsp3) is 0.619. The first-order valence-corrected chi connectivity index (χ1v) is 11.6. The molecule has 1 atom stereocenters. The van der Waals surface area contributed by atoms with Crippen LogP contribution in [0, 0.1) is 20.4 Å². The summed E-state index contributed by atoms with van der Waals surface area (Å²) < 4.78 is 45.2. The van der Waals surface area contributed by atoms with E-state index in [4.69, 9.17) is 28.1 Å². The molecule has 0 aliphatic carbocycles. The number of nitro benzene ring substituents is 1. The molecule has 0 bridgehead atoms. The van der Waals surface area contributed by atoms with E-state index in [-0.39, 0.29) is 41.2 Å². The number of benzene rings is 1. The normalized spacial score (nSPS) is 17.2. The first-order chi connectivity index (χ1) is 15.2. The van der Waals surface area contributed by atoms with Gasteiger partial charge in [0.1, 0.15) is 23.8 Å². The second-order valence-electron chi connectivity index (χ2n) is 10.0. The van der Waals surface area contributed by atoms with Gasteiger partial charge in [0.05, 0.1) is 4.92 Å². The van der Waals surface area contributed by atoms with Crippen molar-refractivity contribution >= 4 is 17.6 Å². The van der Waals surface area contributed by atoms with Gasteiger partial charge >= 0.3 is 11.9 Å². The van der Waals surface area contributed by atoms with Crippen LogP contribution in [-0.4, -0.2) is 58.2 Å². The Morgan fingerprint density at radius 2 is 1.32 bits per heavy atom. The zero-order valence-electron chi connectivity index (χ0n) is 20.1. The Hall–Kier alpha value is -2.35. The number of quaternary nitrogens is 1. The summed E-state index contributed by atoms with van der Waals surface area (Å²) in [5.74, 6) is -0.709. The molecule has 1 aliphatic rings. The highest BCUT2D eigenvalue weighted by atomic mass is 35.7. The molecule has 2 rings (SSSR count). The molecule has 13 heteroatoms. The van der Waals surface area contributed by atoms with Crippen molar-refractivity contribution in [2.24, 2.45) is 0 Å². The van der Waals surface area contributed by atoms with Gasteiger partial charge in [-0.15, -0.1) is 10.2 Å². The maximum absolute atomic E-state index is 12.4. The van der Waals surface area contributed by atoms with E-state index in [1.165, 1.54) is 12.1 Å². The molecule has 0 radical (unpaired) electrons. The third kappa shape index (κ3) is 12.2. The largest absolute Gasteiger partial charge is 0.456 e. The van der Waals surface area contributed by atoms with Gasteiger partial charge in [0.25, 0.3) is 5.69 Å². The van der Waals surface area contributed by atoms with Gasteiger partial charge in [-0.2, -0.15) is 0 Å². The molecule has 0 saturated carbocycles. The lowest BCUT2D eigenvalue weighted by Crippen LogP contribution is -2.68. The van der Waals surface area contributed by atoms with E-state index in [0.717, 1.165) is 5.56 Å². The highest BCUT2D eigenvalue weighted by Crippen LogP contribution is 2.34. The van der Waals surface area contributed by atoms with Crippen molar-refractivity contribution in [3.05, 3.63) is 39.9 Å². The maximum Gasteiger partial charge on any atom is 0.362 e. The van der Waals surface area contributed by atoms with Crippen LogP contribution in [0.4, 0.5) is 5.69 Å². The number of carbonyl (C=O) groups excluding carboxylic acids is 2. The molecule has 1 aromatic rings. The minimum absolute atomic E-state index is 0.0350. The topological polar surface area (TPSA) is 188 Å². The average Bonchev–Trinajstić information content (AvgIpc) is 3.20. The van der Waals surface area contributed by atoms with Gasteiger partial charge < -0.3 is 9.47 Å². The van der Waals surface area contributed by atoms with Crippen molar-refractivity contribution in [1.29, 1.82) is 0 Å². The molecule has 1 heterocycles. The molecule has 0 N–H and O–H groups in total. The second kappa shape index (κ2) is 10.9. The minimum Gasteiger partial charge on any atom is -0.456 e. The van der Waals surface area contributed by atoms with Crippen LogP contribution >= 0.6 is 0 Å². The van der Waals surface area contributed by atoms with Crippen LogP contribution < -0.4 is 18.6 Å². The van der Waals surface area contributed by atoms with E-state index in [1.54, 1.807) is 53.7 Å². The predicted molar refractivity (Wildman–Crippen MR) is 107 cm³/mol. The third-order valence-corrected chi connectivity index (χ3v) is 4.56. The number of halogens is 1. The number of hydrogen-bond acceptors (Lipinski definition) is 10. The molecule has 1 unspecified atom stereocenters. The molecule has 12 nitrogen and oxygen atoms in total. The zero-order chi connectivity index (χ0) is 26.5. The first kappa shape index (κ1) is 29.7. The van der Waals surface area contributed by atoms with Gasteiger partial charge in [0, 0.05) is 18.6 Å². The molecule has 0 amide bonds. The van der Waals surface area contributed by atoms with Crippen molar-refractivity contribution in [1.82, 2.24) is 0 Å². The van der Waals surface area contributed by atoms with Crippen LogP contribution in [0.1, 0.15) is 47.1 Å². The van der Waals surface area contributed by atoms with Crippen LogP contribution in [0.5, 0.6) is 0 Å². The summed E-state index contributed by atoms with van der Waals surface area (Å²) in [5, 5.41) is 10.8. The number of nitro groups is 1. The molecule has 0 aromatic heterocycles. The fourth-order valence-electron chi connectivity index (χ4n) is 3.36. The van der Waals surface area contributed by atoms with Crippen molar-refractivity contribution < 1.29 is 57.3 Å². The Bertz CT molecular complexity index is 834. The molecular weight excluding hydrogens is 476 g/mol. The van der Waals surface area contributed by atoms with Crippen LogP contribution in [-0.2, 0) is 25.5 Å². The molecule has 1 aliphatic heterocycles. The lowest BCUT2D eigenvalue weighted by molar-refractivity contribution is -2.00. The number of ether oxygens (including phenoxy) is 2. The first-order valence-electron chi connectivity index (χ1n) is 10.3. The molecule has 1 saturated heterocycles. The summed E-state index contributed by atoms with van der Waals surface area (Å²) >= 11 is 0. The van der Waals surface area contributed by atoms with E-state index in [0.29, 0.717) is 13.0 Å². The van der Waals surface area contributed by atoms with Gasteiger partial charge in [0.2, 0.25) is 0 Å². The monoisotopic (exact) mass is 506 g/mol. The fourth-order valence-corrected chi connectivity index (χ4v) is 3.36. The number of carbonyl (C=O) groups is 2. The van der Waals surface area contributed by atoms with Gasteiger partial charge in [-0.1, -0.05) is 12.1 Å². The summed E-state index contributed by atoms with van der Waals surface area (Å²) in [6.45, 7) is 11.7. The summed E-state index contributed by atoms with van der Waals surface area (Å²) in [5.41, 5.74) is -0.241. The van der Waals surface area contributed by atoms with Gasteiger partial charge in [-0.3, -0.25) is 14.6 Å². The number of esters is 2. The molecule has 0 spiro atoms. The molecular formula is C21H31ClN2O10. The Morgan fingerprint density at radius 3 is 1.65 bits per heavy atom. The summed E-state index contributed by atoms with van der Waals surface area (Å²) in [6, 6.07) is 6.41. The molecule has 192 valence electrons. The van der Waals surface area contributed by atoms with E-state index >= 15 is 0 Å². The van der Waals surface area contributed by atoms with Crippen molar-refractivity contribution in [3.63, 3.8) is 0 Å². The summed E-state index contributed by atoms with van der Waals surface area (Å²) in [4.78, 5) is 35.2. The van der Waals surface area contributed by atoms with E-state index < -0.39 is 26.4 Å². The molecule has 1 fully saturated rings. The van der Waals surface area contributed by atoms with Crippen LogP contribution in [0.2, 0.25) is 0 Å². The summed E-state index contributed by atoms with van der Waals surface area (Å²) in [7, 11) is -4.94. The van der Waals surface area contributed by atoms with Crippen molar-refractivity contribution in [2.45, 2.75) is 65.2 Å². The maximum atomic E-state index is 12.4. The van der Waals surface area contributed by atoms with Gasteiger partial charge in [0.15, 0.2) is 13.1 Å². The highest BCUT2D eigenvalue weighted by Gasteiger charge is 2.57. The number of nitrogens with zero attached hydrogens (tertiary/aromatic N) is 2. The standard InChI is InChI=1S/C21H31N2O6.ClHO4/c1-20(2,3)28-18(24)13-23(14-19(25)29-21(4,5)6)12-17(23)11-15-7-9-16(10-8-15)22(26)27;2-1(3,4)5/h7-10,17H,11-14H2,1-6H3;(H,2,3,4,5)/q+1;/p-1. The lowest BCUT2D eigenvalue weighted by Gasteiger charge is -2.25. The van der Waals surface area contributed by atoms with E-state index in [1.807, 2.05) is 0 Å². The quantitative estimate of drug-likeness (QED) is 0.135. The number of rotatable bonds is 7. The SMILES string of the molecule is CC(C)(C)OC(=O)C[N+]1(CC(=O)OC(C)(C)C)CC1Cc1ccc([N+](=O)[O-])cc1.[O-][Cl+3]([O-])([O-])[O-]. The minimum atomic E-state index is -4.94. The number of hydrogen-bond donors (Lipinski definition) is 0. The molecule has 34 heavy (non-hydrogen) atoms. The van der Waals surface area contributed by atoms with E-state index in [2.05, 4.69) is 0 Å². The predicted octanol–water partition coefficient (Wildman–Crippen LogP) is -1.74. The lowest BCUT2D eigenvalue weighted by atomic mass is 10.1. The Labute approximate surface area is 200 Å². The van der Waals surface area contributed by atoms with E-state index in [9.17, 15) is 19.7 Å². The van der Waals surface area contributed by atoms with Crippen molar-refractivity contribution in [3.8, 4) is 0 Å².